The molecule has 0 aliphatic carbocycles. The van der Waals surface area contributed by atoms with Crippen molar-refractivity contribution in [3.05, 3.63) is 30.1 Å². The molecule has 0 saturated carbocycles. The number of aryl methyl sites for hydroxylation is 1. The molecule has 0 fully saturated rings. The molecule has 1 aromatic heterocycles. The number of para-hydroxylation sites is 2. The number of amidine groups is 1. The van der Waals surface area contributed by atoms with E-state index in [-0.39, 0.29) is 11.9 Å². The van der Waals surface area contributed by atoms with Crippen LogP contribution in [0.15, 0.2) is 24.3 Å². The smallest absolute Gasteiger partial charge is 0.114 e. The number of imidazole rings is 1. The Kier molecular flexibility index (Phi) is 2.19. The molecule has 3 N–H and O–H groups in total. The molecule has 0 bridgehead atoms. The van der Waals surface area contributed by atoms with Gasteiger partial charge in [-0.1, -0.05) is 12.1 Å². The summed E-state index contributed by atoms with van der Waals surface area (Å²) >= 11 is 0. The molecular formula is C11H14N4. The quantitative estimate of drug-likeness (QED) is 0.576. The molecule has 2 rings (SSSR count). The van der Waals surface area contributed by atoms with Crippen molar-refractivity contribution < 1.29 is 0 Å². The second kappa shape index (κ2) is 3.38. The van der Waals surface area contributed by atoms with E-state index in [0.29, 0.717) is 0 Å². The van der Waals surface area contributed by atoms with Gasteiger partial charge in [0.2, 0.25) is 0 Å². The van der Waals surface area contributed by atoms with Gasteiger partial charge >= 0.3 is 0 Å². The van der Waals surface area contributed by atoms with Crippen LogP contribution >= 0.6 is 0 Å². The molecular weight excluding hydrogens is 188 g/mol. The van der Waals surface area contributed by atoms with E-state index in [0.717, 1.165) is 16.9 Å². The summed E-state index contributed by atoms with van der Waals surface area (Å²) in [7, 11) is 0. The minimum absolute atomic E-state index is 0.141. The molecule has 15 heavy (non-hydrogen) atoms. The number of nitrogens with two attached hydrogens (primary N) is 1. The van der Waals surface area contributed by atoms with Gasteiger partial charge in [-0.2, -0.15) is 0 Å². The van der Waals surface area contributed by atoms with E-state index in [9.17, 15) is 0 Å². The van der Waals surface area contributed by atoms with E-state index in [4.69, 9.17) is 11.1 Å². The van der Waals surface area contributed by atoms with Crippen molar-refractivity contribution in [3.8, 4) is 0 Å². The fourth-order valence-electron chi connectivity index (χ4n) is 1.79. The van der Waals surface area contributed by atoms with E-state index in [1.807, 2.05) is 42.7 Å². The molecule has 0 spiro atoms. The molecule has 2 aromatic rings. The van der Waals surface area contributed by atoms with Crippen LogP contribution in [0.5, 0.6) is 0 Å². The number of rotatable bonds is 2. The number of hydrogen-bond acceptors (Lipinski definition) is 2. The summed E-state index contributed by atoms with van der Waals surface area (Å²) in [6.45, 7) is 3.84. The lowest BCUT2D eigenvalue weighted by molar-refractivity contribution is 0.682. The topological polar surface area (TPSA) is 67.7 Å². The van der Waals surface area contributed by atoms with Crippen LogP contribution in [-0.2, 0) is 0 Å². The maximum Gasteiger partial charge on any atom is 0.114 e. The number of fused-ring (bicyclic) bond motifs is 1. The Morgan fingerprint density at radius 2 is 2.13 bits per heavy atom. The molecule has 4 nitrogen and oxygen atoms in total. The van der Waals surface area contributed by atoms with Crippen molar-refractivity contribution in [2.75, 3.05) is 0 Å². The Morgan fingerprint density at radius 1 is 1.47 bits per heavy atom. The minimum atomic E-state index is -0.141. The molecule has 0 radical (unpaired) electrons. The predicted molar refractivity (Wildman–Crippen MR) is 61.1 cm³/mol. The summed E-state index contributed by atoms with van der Waals surface area (Å²) < 4.78 is 1.98. The summed E-state index contributed by atoms with van der Waals surface area (Å²) in [5, 5.41) is 7.48. The zero-order valence-electron chi connectivity index (χ0n) is 8.86. The fourth-order valence-corrected chi connectivity index (χ4v) is 1.79. The molecule has 0 aliphatic rings. The first kappa shape index (κ1) is 9.71. The van der Waals surface area contributed by atoms with Gasteiger partial charge in [0.1, 0.15) is 11.7 Å². The van der Waals surface area contributed by atoms with E-state index in [2.05, 4.69) is 4.98 Å². The van der Waals surface area contributed by atoms with Crippen LogP contribution in [0.1, 0.15) is 18.8 Å². The summed E-state index contributed by atoms with van der Waals surface area (Å²) in [6.07, 6.45) is 0. The lowest BCUT2D eigenvalue weighted by Crippen LogP contribution is -2.23. The molecule has 0 aliphatic heterocycles. The van der Waals surface area contributed by atoms with Crippen molar-refractivity contribution in [1.29, 1.82) is 5.41 Å². The third kappa shape index (κ3) is 1.48. The van der Waals surface area contributed by atoms with Crippen LogP contribution in [0, 0.1) is 12.3 Å². The molecule has 0 saturated heterocycles. The SMILES string of the molecule is Cc1nc2ccccc2n1C(C)C(=N)N. The minimum Gasteiger partial charge on any atom is -0.386 e. The van der Waals surface area contributed by atoms with Crippen LogP contribution in [-0.4, -0.2) is 15.4 Å². The molecule has 78 valence electrons. The largest absolute Gasteiger partial charge is 0.386 e. The first-order chi connectivity index (χ1) is 7.11. The lowest BCUT2D eigenvalue weighted by atomic mass is 10.2. The fraction of sp³-hybridized carbons (Fsp3) is 0.273. The Balaban J connectivity index is 2.68. The van der Waals surface area contributed by atoms with Crippen molar-refractivity contribution >= 4 is 16.9 Å². The van der Waals surface area contributed by atoms with Gasteiger partial charge in [0.05, 0.1) is 17.1 Å². The summed E-state index contributed by atoms with van der Waals surface area (Å²) in [5.74, 6) is 1.04. The van der Waals surface area contributed by atoms with Gasteiger partial charge in [-0.3, -0.25) is 5.41 Å². The van der Waals surface area contributed by atoms with Gasteiger partial charge in [-0.15, -0.1) is 0 Å². The van der Waals surface area contributed by atoms with Gasteiger partial charge in [0, 0.05) is 0 Å². The Labute approximate surface area is 88.2 Å². The number of hydrogen-bond donors (Lipinski definition) is 2. The molecule has 1 atom stereocenters. The Morgan fingerprint density at radius 3 is 2.80 bits per heavy atom. The number of benzene rings is 1. The summed E-state index contributed by atoms with van der Waals surface area (Å²) in [5.41, 5.74) is 7.49. The maximum atomic E-state index is 7.48. The highest BCUT2D eigenvalue weighted by atomic mass is 15.1. The maximum absolute atomic E-state index is 7.48. The average molecular weight is 202 g/mol. The average Bonchev–Trinajstić information content (AvgIpc) is 2.52. The Bertz CT molecular complexity index is 512. The summed E-state index contributed by atoms with van der Waals surface area (Å²) in [4.78, 5) is 4.43. The van der Waals surface area contributed by atoms with E-state index < -0.39 is 0 Å². The Hall–Kier alpha value is -1.84. The number of nitrogens with zero attached hydrogens (tertiary/aromatic N) is 2. The first-order valence-corrected chi connectivity index (χ1v) is 4.88. The second-order valence-corrected chi connectivity index (χ2v) is 3.65. The standard InChI is InChI=1S/C11H14N4/c1-7(11(12)13)15-8(2)14-9-5-3-4-6-10(9)15/h3-7H,1-2H3,(H3,12,13). The number of aromatic nitrogens is 2. The van der Waals surface area contributed by atoms with Gasteiger partial charge in [-0.05, 0) is 26.0 Å². The summed E-state index contributed by atoms with van der Waals surface area (Å²) in [6, 6.07) is 7.74. The molecule has 1 aromatic carbocycles. The van der Waals surface area contributed by atoms with Crippen LogP contribution < -0.4 is 5.73 Å². The van der Waals surface area contributed by atoms with Crippen LogP contribution in [0.2, 0.25) is 0 Å². The van der Waals surface area contributed by atoms with E-state index in [1.165, 1.54) is 0 Å². The highest BCUT2D eigenvalue weighted by molar-refractivity contribution is 5.84. The van der Waals surface area contributed by atoms with Crippen molar-refractivity contribution in [3.63, 3.8) is 0 Å². The van der Waals surface area contributed by atoms with Gasteiger partial charge in [0.15, 0.2) is 0 Å². The van der Waals surface area contributed by atoms with Crippen LogP contribution in [0.25, 0.3) is 11.0 Å². The van der Waals surface area contributed by atoms with Gasteiger partial charge in [-0.25, -0.2) is 4.98 Å². The van der Waals surface area contributed by atoms with E-state index >= 15 is 0 Å². The lowest BCUT2D eigenvalue weighted by Gasteiger charge is -2.14. The normalized spacial score (nSPS) is 12.9. The van der Waals surface area contributed by atoms with Crippen molar-refractivity contribution in [2.24, 2.45) is 5.73 Å². The second-order valence-electron chi connectivity index (χ2n) is 3.65. The van der Waals surface area contributed by atoms with Crippen LogP contribution in [0.4, 0.5) is 0 Å². The monoisotopic (exact) mass is 202 g/mol. The first-order valence-electron chi connectivity index (χ1n) is 4.88. The highest BCUT2D eigenvalue weighted by Gasteiger charge is 2.14. The molecule has 1 heterocycles. The molecule has 4 heteroatoms. The van der Waals surface area contributed by atoms with Crippen molar-refractivity contribution in [1.82, 2.24) is 9.55 Å². The molecule has 0 amide bonds. The van der Waals surface area contributed by atoms with Crippen LogP contribution in [0.3, 0.4) is 0 Å². The predicted octanol–water partition coefficient (Wildman–Crippen LogP) is 1.84. The van der Waals surface area contributed by atoms with Crippen molar-refractivity contribution in [2.45, 2.75) is 19.9 Å². The third-order valence-electron chi connectivity index (χ3n) is 2.61. The third-order valence-corrected chi connectivity index (χ3v) is 2.61. The van der Waals surface area contributed by atoms with Gasteiger partial charge in [0.25, 0.3) is 0 Å². The van der Waals surface area contributed by atoms with Gasteiger partial charge < -0.3 is 10.3 Å². The zero-order chi connectivity index (χ0) is 11.0. The highest BCUT2D eigenvalue weighted by Crippen LogP contribution is 2.20. The number of nitrogens with one attached hydrogen (secondary N) is 1. The zero-order valence-corrected chi connectivity index (χ0v) is 8.86. The molecule has 1 unspecified atom stereocenters. The van der Waals surface area contributed by atoms with E-state index in [1.54, 1.807) is 0 Å².